The fraction of sp³-hybridized carbons (Fsp3) is 0.667. The van der Waals surface area contributed by atoms with Crippen LogP contribution in [0.1, 0.15) is 45.8 Å². The maximum absolute atomic E-state index is 12.8. The van der Waals surface area contributed by atoms with Gasteiger partial charge in [0.15, 0.2) is 0 Å². The number of thioether (sulfide) groups is 1. The summed E-state index contributed by atoms with van der Waals surface area (Å²) in [6.07, 6.45) is 5.54. The maximum atomic E-state index is 12.8. The largest absolute Gasteiger partial charge is 0.335 e. The zero-order valence-electron chi connectivity index (χ0n) is 11.8. The van der Waals surface area contributed by atoms with Crippen LogP contribution in [0.25, 0.3) is 0 Å². The van der Waals surface area contributed by atoms with Crippen LogP contribution in [0.5, 0.6) is 0 Å². The molecule has 20 heavy (non-hydrogen) atoms. The summed E-state index contributed by atoms with van der Waals surface area (Å²) >= 11 is 3.69. The van der Waals surface area contributed by atoms with Gasteiger partial charge >= 0.3 is 0 Å². The first-order valence-corrected chi connectivity index (χ1v) is 9.47. The first-order valence-electron chi connectivity index (χ1n) is 7.50. The van der Waals surface area contributed by atoms with Gasteiger partial charge in [0.1, 0.15) is 0 Å². The Bertz CT molecular complexity index is 461. The van der Waals surface area contributed by atoms with Crippen molar-refractivity contribution in [1.82, 2.24) is 4.90 Å². The number of nitrogens with two attached hydrogens (primary N) is 1. The summed E-state index contributed by atoms with van der Waals surface area (Å²) in [6.45, 7) is 1.58. The van der Waals surface area contributed by atoms with Gasteiger partial charge in [-0.2, -0.15) is 11.8 Å². The van der Waals surface area contributed by atoms with Crippen LogP contribution in [0, 0.1) is 0 Å². The summed E-state index contributed by atoms with van der Waals surface area (Å²) in [7, 11) is 0. The number of fused-ring (bicyclic) bond motifs is 1. The highest BCUT2D eigenvalue weighted by molar-refractivity contribution is 7.98. The predicted octanol–water partition coefficient (Wildman–Crippen LogP) is 2.88. The molecule has 0 saturated carbocycles. The third-order valence-electron chi connectivity index (χ3n) is 4.23. The molecule has 3 heterocycles. The van der Waals surface area contributed by atoms with Gasteiger partial charge in [-0.15, -0.1) is 11.3 Å². The zero-order valence-corrected chi connectivity index (χ0v) is 13.4. The van der Waals surface area contributed by atoms with Crippen LogP contribution in [0.3, 0.4) is 0 Å². The van der Waals surface area contributed by atoms with Gasteiger partial charge in [0.2, 0.25) is 0 Å². The lowest BCUT2D eigenvalue weighted by atomic mass is 9.99. The first-order chi connectivity index (χ1) is 9.79. The minimum absolute atomic E-state index is 0.243. The first kappa shape index (κ1) is 14.4. The topological polar surface area (TPSA) is 46.3 Å². The van der Waals surface area contributed by atoms with E-state index in [0.717, 1.165) is 42.9 Å². The van der Waals surface area contributed by atoms with Gasteiger partial charge in [0.05, 0.1) is 4.88 Å². The molecule has 0 spiro atoms. The molecule has 1 unspecified atom stereocenters. The Hall–Kier alpha value is -0.520. The molecule has 2 N–H and O–H groups in total. The highest BCUT2D eigenvalue weighted by atomic mass is 32.2. The van der Waals surface area contributed by atoms with E-state index < -0.39 is 0 Å². The molecule has 3 nitrogen and oxygen atoms in total. The number of hydrogen-bond acceptors (Lipinski definition) is 4. The van der Waals surface area contributed by atoms with Gasteiger partial charge in [0, 0.05) is 23.2 Å². The molecular formula is C15H22N2OS2. The predicted molar refractivity (Wildman–Crippen MR) is 86.5 cm³/mol. The molecule has 0 aliphatic carbocycles. The summed E-state index contributed by atoms with van der Waals surface area (Å²) in [5, 5.41) is 0. The number of thiophene rings is 1. The second-order valence-electron chi connectivity index (χ2n) is 5.59. The van der Waals surface area contributed by atoms with E-state index in [4.69, 9.17) is 5.73 Å². The lowest BCUT2D eigenvalue weighted by Crippen LogP contribution is -2.44. The van der Waals surface area contributed by atoms with E-state index >= 15 is 0 Å². The molecular weight excluding hydrogens is 288 g/mol. The number of piperidine rings is 1. The number of rotatable bonds is 3. The molecule has 1 aromatic heterocycles. The molecule has 1 atom stereocenters. The highest BCUT2D eigenvalue weighted by Crippen LogP contribution is 2.33. The van der Waals surface area contributed by atoms with Gasteiger partial charge < -0.3 is 10.6 Å². The fourth-order valence-corrected chi connectivity index (χ4v) is 5.48. The highest BCUT2D eigenvalue weighted by Gasteiger charge is 2.28. The Morgan fingerprint density at radius 2 is 2.35 bits per heavy atom. The number of amides is 1. The van der Waals surface area contributed by atoms with Gasteiger partial charge in [-0.1, -0.05) is 0 Å². The second kappa shape index (κ2) is 6.50. The maximum Gasteiger partial charge on any atom is 0.264 e. The zero-order chi connectivity index (χ0) is 13.9. The van der Waals surface area contributed by atoms with Crippen LogP contribution in [-0.2, 0) is 12.2 Å². The van der Waals surface area contributed by atoms with Gasteiger partial charge in [0.25, 0.3) is 5.91 Å². The Kier molecular flexibility index (Phi) is 4.68. The molecule has 3 rings (SSSR count). The standard InChI is InChI=1S/C15H22N2OS2/c16-6-4-12-3-1-2-7-17(12)15(18)14-9-11-10-19-8-5-13(11)20-14/h9,12H,1-8,10,16H2. The number of aryl methyl sites for hydroxylation is 1. The van der Waals surface area contributed by atoms with Crippen molar-refractivity contribution in [3.8, 4) is 0 Å². The van der Waals surface area contributed by atoms with Gasteiger partial charge in [-0.3, -0.25) is 4.79 Å². The van der Waals surface area contributed by atoms with Crippen molar-refractivity contribution in [3.63, 3.8) is 0 Å². The van der Waals surface area contributed by atoms with Crippen LogP contribution in [0.2, 0.25) is 0 Å². The summed E-state index contributed by atoms with van der Waals surface area (Å²) < 4.78 is 0. The van der Waals surface area contributed by atoms with Crippen molar-refractivity contribution in [2.75, 3.05) is 18.8 Å². The molecule has 0 bridgehead atoms. The lowest BCUT2D eigenvalue weighted by molar-refractivity contribution is 0.0610. The van der Waals surface area contributed by atoms with Crippen molar-refractivity contribution in [2.24, 2.45) is 5.73 Å². The van der Waals surface area contributed by atoms with Gasteiger partial charge in [-0.05, 0) is 56.0 Å². The molecule has 2 aliphatic heterocycles. The summed E-state index contributed by atoms with van der Waals surface area (Å²) in [5.74, 6) is 2.51. The van der Waals surface area contributed by atoms with Gasteiger partial charge in [-0.25, -0.2) is 0 Å². The van der Waals surface area contributed by atoms with E-state index in [1.807, 2.05) is 11.8 Å². The minimum Gasteiger partial charge on any atom is -0.335 e. The monoisotopic (exact) mass is 310 g/mol. The molecule has 110 valence electrons. The molecule has 1 saturated heterocycles. The third kappa shape index (κ3) is 2.90. The number of carbonyl (C=O) groups excluding carboxylic acids is 1. The molecule has 1 fully saturated rings. The average molecular weight is 310 g/mol. The van der Waals surface area contributed by atoms with Crippen LogP contribution in [0.4, 0.5) is 0 Å². The van der Waals surface area contributed by atoms with Crippen LogP contribution >= 0.6 is 23.1 Å². The SMILES string of the molecule is NCCC1CCCCN1C(=O)c1cc2c(s1)CCSC2. The van der Waals surface area contributed by atoms with Crippen molar-refractivity contribution in [3.05, 3.63) is 21.4 Å². The molecule has 2 aliphatic rings. The minimum atomic E-state index is 0.243. The normalized spacial score (nSPS) is 22.6. The van der Waals surface area contributed by atoms with E-state index in [9.17, 15) is 4.79 Å². The van der Waals surface area contributed by atoms with Crippen molar-refractivity contribution in [1.29, 1.82) is 0 Å². The summed E-state index contributed by atoms with van der Waals surface area (Å²) in [4.78, 5) is 17.3. The fourth-order valence-electron chi connectivity index (χ4n) is 3.15. The van der Waals surface area contributed by atoms with Crippen LogP contribution in [-0.4, -0.2) is 35.7 Å². The van der Waals surface area contributed by atoms with Crippen molar-refractivity contribution < 1.29 is 4.79 Å². The number of carbonyl (C=O) groups is 1. The third-order valence-corrected chi connectivity index (χ3v) is 6.46. The number of hydrogen-bond donors (Lipinski definition) is 1. The number of nitrogens with zero attached hydrogens (tertiary/aromatic N) is 1. The molecule has 1 amide bonds. The Morgan fingerprint density at radius 1 is 1.45 bits per heavy atom. The van der Waals surface area contributed by atoms with Crippen molar-refractivity contribution >= 4 is 29.0 Å². The van der Waals surface area contributed by atoms with E-state index in [0.29, 0.717) is 12.6 Å². The van der Waals surface area contributed by atoms with E-state index in [-0.39, 0.29) is 5.91 Å². The Balaban J connectivity index is 1.78. The quantitative estimate of drug-likeness (QED) is 0.934. The van der Waals surface area contributed by atoms with E-state index in [1.54, 1.807) is 11.3 Å². The average Bonchev–Trinajstić information content (AvgIpc) is 2.91. The molecule has 0 radical (unpaired) electrons. The number of likely N-dealkylation sites (tertiary alicyclic amines) is 1. The second-order valence-corrected chi connectivity index (χ2v) is 7.83. The summed E-state index contributed by atoms with van der Waals surface area (Å²) in [5.41, 5.74) is 7.09. The van der Waals surface area contributed by atoms with E-state index in [1.165, 1.54) is 22.6 Å². The Morgan fingerprint density at radius 3 is 3.15 bits per heavy atom. The molecule has 1 aromatic rings. The summed E-state index contributed by atoms with van der Waals surface area (Å²) in [6, 6.07) is 2.50. The molecule has 5 heteroatoms. The van der Waals surface area contributed by atoms with E-state index in [2.05, 4.69) is 11.0 Å². The smallest absolute Gasteiger partial charge is 0.264 e. The Labute approximate surface area is 128 Å². The van der Waals surface area contributed by atoms with Crippen molar-refractivity contribution in [2.45, 2.75) is 43.9 Å². The van der Waals surface area contributed by atoms with Crippen LogP contribution < -0.4 is 5.73 Å². The van der Waals surface area contributed by atoms with Crippen LogP contribution in [0.15, 0.2) is 6.07 Å². The molecule has 0 aromatic carbocycles. The lowest BCUT2D eigenvalue weighted by Gasteiger charge is -2.35.